The molecule has 0 unspecified atom stereocenters. The van der Waals surface area contributed by atoms with Crippen molar-refractivity contribution in [3.8, 4) is 0 Å². The third-order valence-electron chi connectivity index (χ3n) is 2.83. The monoisotopic (exact) mass is 240 g/mol. The first-order valence-corrected chi connectivity index (χ1v) is 5.99. The zero-order valence-corrected chi connectivity index (χ0v) is 11.6. The van der Waals surface area contributed by atoms with Crippen LogP contribution in [0, 0.1) is 10.8 Å². The van der Waals surface area contributed by atoms with Gasteiger partial charge in [-0.3, -0.25) is 0 Å². The molecule has 0 saturated carbocycles. The molecule has 0 aliphatic carbocycles. The van der Waals surface area contributed by atoms with Crippen LogP contribution in [0.25, 0.3) is 0 Å². The van der Waals surface area contributed by atoms with Crippen LogP contribution in [0.3, 0.4) is 0 Å². The van der Waals surface area contributed by atoms with Crippen LogP contribution in [0.2, 0.25) is 0 Å². The average molecular weight is 240 g/mol. The molecule has 3 nitrogen and oxygen atoms in total. The quantitative estimate of drug-likeness (QED) is 0.832. The highest BCUT2D eigenvalue weighted by atomic mass is 16.4. The van der Waals surface area contributed by atoms with E-state index in [1.54, 1.807) is 12.1 Å². The van der Waals surface area contributed by atoms with Gasteiger partial charge in [-0.1, -0.05) is 41.5 Å². The summed E-state index contributed by atoms with van der Waals surface area (Å²) in [7, 11) is 0. The van der Waals surface area contributed by atoms with Crippen LogP contribution < -0.4 is 0 Å². The molecule has 0 aliphatic rings. The van der Waals surface area contributed by atoms with Crippen molar-refractivity contribution in [2.24, 2.45) is 10.8 Å². The largest absolute Gasteiger partial charge is 0.461 e. The highest BCUT2D eigenvalue weighted by molar-refractivity contribution is 5.14. The molecule has 0 spiro atoms. The lowest BCUT2D eigenvalue weighted by molar-refractivity contribution is 0.0220. The molecule has 1 aromatic heterocycles. The van der Waals surface area contributed by atoms with Crippen LogP contribution in [-0.2, 0) is 0 Å². The molecule has 1 rings (SSSR count). The Balaban J connectivity index is 2.93. The van der Waals surface area contributed by atoms with E-state index in [-0.39, 0.29) is 10.8 Å². The van der Waals surface area contributed by atoms with Crippen molar-refractivity contribution in [2.45, 2.75) is 53.8 Å². The number of hydrogen-bond donors (Lipinski definition) is 2. The summed E-state index contributed by atoms with van der Waals surface area (Å²) in [4.78, 5) is 0. The summed E-state index contributed by atoms with van der Waals surface area (Å²) in [6.45, 7) is 11.7. The summed E-state index contributed by atoms with van der Waals surface area (Å²) in [5, 5.41) is 20.2. The fraction of sp³-hybridized carbons (Fsp3) is 0.714. The Labute approximate surface area is 103 Å². The third kappa shape index (κ3) is 3.33. The van der Waals surface area contributed by atoms with Gasteiger partial charge in [-0.05, 0) is 23.0 Å². The predicted octanol–water partition coefficient (Wildman–Crippen LogP) is 3.44. The summed E-state index contributed by atoms with van der Waals surface area (Å²) in [5.74, 6) is 1.02. The molecule has 1 aromatic rings. The Bertz CT molecular complexity index is 331. The molecular formula is C14H24O3. The van der Waals surface area contributed by atoms with E-state index in [9.17, 15) is 10.2 Å². The van der Waals surface area contributed by atoms with Crippen LogP contribution in [0.4, 0.5) is 0 Å². The summed E-state index contributed by atoms with van der Waals surface area (Å²) in [6.07, 6.45) is -1.33. The summed E-state index contributed by atoms with van der Waals surface area (Å²) in [5.41, 5.74) is -0.552. The molecule has 0 fully saturated rings. The Morgan fingerprint density at radius 2 is 1.12 bits per heavy atom. The maximum absolute atomic E-state index is 10.1. The van der Waals surface area contributed by atoms with E-state index in [1.165, 1.54) is 0 Å². The minimum atomic E-state index is -0.664. The van der Waals surface area contributed by atoms with Gasteiger partial charge in [0.15, 0.2) is 0 Å². The molecule has 0 aromatic carbocycles. The van der Waals surface area contributed by atoms with Gasteiger partial charge in [0.1, 0.15) is 23.7 Å². The molecule has 17 heavy (non-hydrogen) atoms. The maximum Gasteiger partial charge on any atom is 0.133 e. The van der Waals surface area contributed by atoms with Crippen molar-refractivity contribution in [3.63, 3.8) is 0 Å². The number of hydrogen-bond acceptors (Lipinski definition) is 3. The Morgan fingerprint density at radius 3 is 1.35 bits per heavy atom. The van der Waals surface area contributed by atoms with Crippen molar-refractivity contribution in [2.75, 3.05) is 0 Å². The standard InChI is InChI=1S/C14H24O3/c1-13(2,3)11(15)9-7-8-10(17-9)12(16)14(4,5)6/h7-8,11-12,15-16H,1-6H3/t11-,12-/m1/s1. The first-order valence-electron chi connectivity index (χ1n) is 5.99. The highest BCUT2D eigenvalue weighted by Gasteiger charge is 2.30. The summed E-state index contributed by atoms with van der Waals surface area (Å²) >= 11 is 0. The number of rotatable bonds is 2. The second-order valence-electron chi connectivity index (χ2n) is 6.78. The van der Waals surface area contributed by atoms with E-state index in [2.05, 4.69) is 0 Å². The van der Waals surface area contributed by atoms with Crippen molar-refractivity contribution >= 4 is 0 Å². The Hall–Kier alpha value is -0.800. The Morgan fingerprint density at radius 1 is 0.824 bits per heavy atom. The van der Waals surface area contributed by atoms with Crippen LogP contribution in [0.15, 0.2) is 16.5 Å². The van der Waals surface area contributed by atoms with Gasteiger partial charge in [0.2, 0.25) is 0 Å². The number of aliphatic hydroxyl groups excluding tert-OH is 2. The van der Waals surface area contributed by atoms with Crippen molar-refractivity contribution < 1.29 is 14.6 Å². The third-order valence-corrected chi connectivity index (χ3v) is 2.83. The first-order chi connectivity index (χ1) is 7.53. The van der Waals surface area contributed by atoms with Crippen molar-refractivity contribution in [1.29, 1.82) is 0 Å². The van der Waals surface area contributed by atoms with E-state index < -0.39 is 12.2 Å². The van der Waals surface area contributed by atoms with Crippen LogP contribution in [0.5, 0.6) is 0 Å². The van der Waals surface area contributed by atoms with Gasteiger partial charge < -0.3 is 14.6 Å². The van der Waals surface area contributed by atoms with Gasteiger partial charge in [0, 0.05) is 0 Å². The molecule has 2 N–H and O–H groups in total. The van der Waals surface area contributed by atoms with Gasteiger partial charge in [0.05, 0.1) is 0 Å². The van der Waals surface area contributed by atoms with Crippen molar-refractivity contribution in [3.05, 3.63) is 23.7 Å². The van der Waals surface area contributed by atoms with E-state index in [1.807, 2.05) is 41.5 Å². The molecule has 2 atom stereocenters. The number of furan rings is 1. The van der Waals surface area contributed by atoms with Crippen molar-refractivity contribution in [1.82, 2.24) is 0 Å². The molecule has 0 radical (unpaired) electrons. The molecule has 0 amide bonds. The SMILES string of the molecule is CC(C)(C)[C@H](O)c1ccc([C@@H](O)C(C)(C)C)o1. The predicted molar refractivity (Wildman–Crippen MR) is 67.5 cm³/mol. The normalized spacial score (nSPS) is 16.9. The lowest BCUT2D eigenvalue weighted by atomic mass is 9.87. The molecule has 0 bridgehead atoms. The molecular weight excluding hydrogens is 216 g/mol. The maximum atomic E-state index is 10.1. The van der Waals surface area contributed by atoms with Gasteiger partial charge in [0.25, 0.3) is 0 Å². The van der Waals surface area contributed by atoms with Gasteiger partial charge in [-0.2, -0.15) is 0 Å². The topological polar surface area (TPSA) is 53.6 Å². The van der Waals surface area contributed by atoms with E-state index in [0.29, 0.717) is 11.5 Å². The fourth-order valence-electron chi connectivity index (χ4n) is 1.52. The molecule has 98 valence electrons. The molecule has 1 heterocycles. The van der Waals surface area contributed by atoms with E-state index >= 15 is 0 Å². The zero-order valence-electron chi connectivity index (χ0n) is 11.6. The summed E-state index contributed by atoms with van der Waals surface area (Å²) in [6, 6.07) is 3.47. The van der Waals surface area contributed by atoms with Crippen LogP contribution >= 0.6 is 0 Å². The van der Waals surface area contributed by atoms with E-state index in [0.717, 1.165) is 0 Å². The second-order valence-corrected chi connectivity index (χ2v) is 6.78. The minimum absolute atomic E-state index is 0.276. The van der Waals surface area contributed by atoms with Crippen LogP contribution in [0.1, 0.15) is 65.3 Å². The van der Waals surface area contributed by atoms with Gasteiger partial charge in [-0.15, -0.1) is 0 Å². The van der Waals surface area contributed by atoms with Gasteiger partial charge in [-0.25, -0.2) is 0 Å². The Kier molecular flexibility index (Phi) is 3.75. The zero-order chi connectivity index (χ0) is 13.4. The minimum Gasteiger partial charge on any atom is -0.461 e. The summed E-state index contributed by atoms with van der Waals surface area (Å²) < 4.78 is 5.56. The molecule has 0 aliphatic heterocycles. The van der Waals surface area contributed by atoms with Gasteiger partial charge >= 0.3 is 0 Å². The second kappa shape index (κ2) is 4.46. The molecule has 3 heteroatoms. The average Bonchev–Trinajstić information content (AvgIpc) is 2.60. The lowest BCUT2D eigenvalue weighted by Crippen LogP contribution is -2.18. The fourth-order valence-corrected chi connectivity index (χ4v) is 1.52. The first kappa shape index (κ1) is 14.3. The van der Waals surface area contributed by atoms with Crippen LogP contribution in [-0.4, -0.2) is 10.2 Å². The van der Waals surface area contributed by atoms with E-state index in [4.69, 9.17) is 4.42 Å². The highest BCUT2D eigenvalue weighted by Crippen LogP contribution is 2.37. The number of aliphatic hydroxyl groups is 2. The lowest BCUT2D eigenvalue weighted by Gasteiger charge is -2.25. The molecule has 0 saturated heterocycles. The smallest absolute Gasteiger partial charge is 0.133 e.